The zero-order valence-electron chi connectivity index (χ0n) is 18.0. The van der Waals surface area contributed by atoms with Crippen molar-refractivity contribution in [3.63, 3.8) is 0 Å². The summed E-state index contributed by atoms with van der Waals surface area (Å²) >= 11 is 0. The van der Waals surface area contributed by atoms with Gasteiger partial charge in [-0.3, -0.25) is 9.80 Å². The van der Waals surface area contributed by atoms with Gasteiger partial charge in [0.1, 0.15) is 0 Å². The monoisotopic (exact) mass is 426 g/mol. The molecule has 2 aromatic carbocycles. The maximum absolute atomic E-state index is 12.4. The summed E-state index contributed by atoms with van der Waals surface area (Å²) < 4.78 is 0. The number of allylic oxidation sites excluding steroid dienone is 2. The van der Waals surface area contributed by atoms with Crippen LogP contribution in [0.1, 0.15) is 15.9 Å². The Hall–Kier alpha value is -3.58. The number of aromatic amines is 1. The van der Waals surface area contributed by atoms with Gasteiger partial charge in [0.2, 0.25) is 0 Å². The highest BCUT2D eigenvalue weighted by atomic mass is 16.1. The number of aromatic nitrogens is 1. The van der Waals surface area contributed by atoms with Gasteiger partial charge in [-0.2, -0.15) is 5.10 Å². The van der Waals surface area contributed by atoms with Gasteiger partial charge >= 0.3 is 0 Å². The Kier molecular flexibility index (Phi) is 4.33. The molecule has 7 heteroatoms. The number of carbonyl (C=O) groups is 1. The number of nitrogens with two attached hydrogens (primary N) is 1. The topological polar surface area (TPSA) is 89.7 Å². The summed E-state index contributed by atoms with van der Waals surface area (Å²) in [5.74, 6) is -0.191. The van der Waals surface area contributed by atoms with E-state index in [1.165, 1.54) is 5.69 Å². The van der Waals surface area contributed by atoms with Crippen molar-refractivity contribution >= 4 is 45.2 Å². The highest BCUT2D eigenvalue weighted by Crippen LogP contribution is 2.35. The summed E-state index contributed by atoms with van der Waals surface area (Å²) in [4.78, 5) is 18.2. The van der Waals surface area contributed by atoms with E-state index in [0.717, 1.165) is 59.1 Å². The van der Waals surface area contributed by atoms with E-state index in [2.05, 4.69) is 62.8 Å². The number of amides is 1. The minimum absolute atomic E-state index is 0.234. The van der Waals surface area contributed by atoms with Crippen LogP contribution in [0, 0.1) is 5.92 Å². The number of H-pyrrole nitrogens is 1. The van der Waals surface area contributed by atoms with Crippen LogP contribution in [0.4, 0.5) is 5.69 Å². The molecule has 0 saturated carbocycles. The van der Waals surface area contributed by atoms with Crippen LogP contribution in [0.3, 0.4) is 0 Å². The molecule has 3 aromatic rings. The van der Waals surface area contributed by atoms with Crippen molar-refractivity contribution in [1.82, 2.24) is 15.3 Å². The largest absolute Gasteiger partial charge is 0.369 e. The molecule has 0 radical (unpaired) electrons. The van der Waals surface area contributed by atoms with Crippen LogP contribution in [0.5, 0.6) is 0 Å². The molecule has 4 N–H and O–H groups in total. The van der Waals surface area contributed by atoms with Crippen LogP contribution < -0.4 is 16.0 Å². The minimum Gasteiger partial charge on any atom is -0.369 e. The highest BCUT2D eigenvalue weighted by molar-refractivity contribution is 6.16. The van der Waals surface area contributed by atoms with Crippen molar-refractivity contribution in [3.05, 3.63) is 59.7 Å². The van der Waals surface area contributed by atoms with E-state index < -0.39 is 5.91 Å². The number of carbonyl (C=O) groups excluding carboxylic acids is 1. The number of primary amides is 1. The first-order chi connectivity index (χ1) is 15.6. The molecule has 162 valence electrons. The Labute approximate surface area is 186 Å². The quantitative estimate of drug-likeness (QED) is 0.601. The zero-order valence-corrected chi connectivity index (χ0v) is 18.0. The first-order valence-corrected chi connectivity index (χ1v) is 11.1. The Bertz CT molecular complexity index is 1330. The molecular weight excluding hydrogens is 400 g/mol. The molecule has 2 aliphatic heterocycles. The highest BCUT2D eigenvalue weighted by Gasteiger charge is 2.28. The molecule has 2 unspecified atom stereocenters. The van der Waals surface area contributed by atoms with Gasteiger partial charge in [-0.15, -0.1) is 0 Å². The molecule has 32 heavy (non-hydrogen) atoms. The average Bonchev–Trinajstić information content (AvgIpc) is 3.38. The summed E-state index contributed by atoms with van der Waals surface area (Å²) in [6.45, 7) is 3.96. The van der Waals surface area contributed by atoms with Gasteiger partial charge in [-0.1, -0.05) is 24.3 Å². The smallest absolute Gasteiger partial charge is 0.250 e. The molecule has 1 fully saturated rings. The number of hydrogen-bond donors (Lipinski definition) is 3. The van der Waals surface area contributed by atoms with Gasteiger partial charge in [-0.25, -0.2) is 0 Å². The molecular formula is C25H26N6O. The minimum atomic E-state index is -0.425. The third-order valence-electron chi connectivity index (χ3n) is 6.86. The van der Waals surface area contributed by atoms with Crippen molar-refractivity contribution in [2.24, 2.45) is 16.8 Å². The third-order valence-corrected chi connectivity index (χ3v) is 6.86. The molecule has 2 atom stereocenters. The molecule has 0 bridgehead atoms. The Morgan fingerprint density at radius 2 is 2.00 bits per heavy atom. The van der Waals surface area contributed by atoms with Crippen molar-refractivity contribution < 1.29 is 4.79 Å². The maximum Gasteiger partial charge on any atom is 0.250 e. The SMILES string of the molecule is CN1N=CC2C=C(c3cc(C(N)=O)c4[nH]c5cc(N6CCNCC6)ccc5c4c3)C=CC21. The number of fused-ring (bicyclic) bond motifs is 4. The zero-order chi connectivity index (χ0) is 21.8. The molecule has 1 saturated heterocycles. The standard InChI is InChI=1S/C25H26N6O/c1-30-23-5-2-15(10-17(23)14-28-30)16-11-20-19-4-3-18(31-8-6-27-7-9-31)13-22(19)29-24(20)21(12-16)25(26)32/h2-5,10-14,17,23,27,29H,6-9H2,1H3,(H2,26,32). The summed E-state index contributed by atoms with van der Waals surface area (Å²) in [6.07, 6.45) is 8.50. The van der Waals surface area contributed by atoms with Crippen molar-refractivity contribution in [1.29, 1.82) is 0 Å². The molecule has 7 nitrogen and oxygen atoms in total. The lowest BCUT2D eigenvalue weighted by Crippen LogP contribution is -2.43. The summed E-state index contributed by atoms with van der Waals surface area (Å²) in [7, 11) is 1.99. The van der Waals surface area contributed by atoms with Crippen molar-refractivity contribution in [2.45, 2.75) is 6.04 Å². The van der Waals surface area contributed by atoms with Crippen LogP contribution in [-0.4, -0.2) is 61.4 Å². The van der Waals surface area contributed by atoms with E-state index in [4.69, 9.17) is 5.73 Å². The molecule has 1 aliphatic carbocycles. The first kappa shape index (κ1) is 19.1. The predicted molar refractivity (Wildman–Crippen MR) is 130 cm³/mol. The number of piperazine rings is 1. The number of benzene rings is 2. The second-order valence-corrected chi connectivity index (χ2v) is 8.79. The fourth-order valence-corrected chi connectivity index (χ4v) is 5.12. The van der Waals surface area contributed by atoms with E-state index in [9.17, 15) is 4.79 Å². The number of nitrogens with one attached hydrogen (secondary N) is 2. The van der Waals surface area contributed by atoms with Gasteiger partial charge in [0.15, 0.2) is 0 Å². The lowest BCUT2D eigenvalue weighted by Gasteiger charge is -2.29. The van der Waals surface area contributed by atoms with Crippen LogP contribution in [-0.2, 0) is 0 Å². The number of likely N-dealkylation sites (N-methyl/N-ethyl adjacent to an activating group) is 1. The number of hydrazone groups is 1. The van der Waals surface area contributed by atoms with Gasteiger partial charge in [0, 0.05) is 67.3 Å². The Morgan fingerprint density at radius 3 is 2.81 bits per heavy atom. The van der Waals surface area contributed by atoms with Crippen LogP contribution >= 0.6 is 0 Å². The van der Waals surface area contributed by atoms with E-state index in [0.29, 0.717) is 5.56 Å². The number of nitrogens with zero attached hydrogens (tertiary/aromatic N) is 3. The van der Waals surface area contributed by atoms with E-state index in [1.807, 2.05) is 24.3 Å². The molecule has 1 amide bonds. The molecule has 3 aliphatic rings. The van der Waals surface area contributed by atoms with Crippen molar-refractivity contribution in [3.8, 4) is 0 Å². The van der Waals surface area contributed by atoms with Crippen LogP contribution in [0.2, 0.25) is 0 Å². The summed E-state index contributed by atoms with van der Waals surface area (Å²) in [5.41, 5.74) is 11.4. The lowest BCUT2D eigenvalue weighted by atomic mass is 9.88. The summed E-state index contributed by atoms with van der Waals surface area (Å²) in [6, 6.07) is 10.8. The van der Waals surface area contributed by atoms with Crippen LogP contribution in [0.25, 0.3) is 27.4 Å². The molecule has 0 spiro atoms. The van der Waals surface area contributed by atoms with E-state index >= 15 is 0 Å². The number of hydrogen-bond acceptors (Lipinski definition) is 5. The van der Waals surface area contributed by atoms with E-state index in [1.54, 1.807) is 0 Å². The number of anilines is 1. The Morgan fingerprint density at radius 1 is 1.16 bits per heavy atom. The van der Waals surface area contributed by atoms with Gasteiger partial charge in [-0.05, 0) is 35.4 Å². The van der Waals surface area contributed by atoms with Crippen LogP contribution in [0.15, 0.2) is 53.7 Å². The predicted octanol–water partition coefficient (Wildman–Crippen LogP) is 2.70. The van der Waals surface area contributed by atoms with Gasteiger partial charge < -0.3 is 20.9 Å². The normalized spacial score (nSPS) is 22.6. The van der Waals surface area contributed by atoms with Gasteiger partial charge in [0.25, 0.3) is 5.91 Å². The maximum atomic E-state index is 12.4. The van der Waals surface area contributed by atoms with Crippen molar-refractivity contribution in [2.75, 3.05) is 38.1 Å². The van der Waals surface area contributed by atoms with E-state index in [-0.39, 0.29) is 12.0 Å². The van der Waals surface area contributed by atoms with Gasteiger partial charge in [0.05, 0.1) is 17.1 Å². The first-order valence-electron chi connectivity index (χ1n) is 11.1. The average molecular weight is 427 g/mol. The second kappa shape index (κ2) is 7.24. The number of rotatable bonds is 3. The second-order valence-electron chi connectivity index (χ2n) is 8.79. The fourth-order valence-electron chi connectivity index (χ4n) is 5.12. The molecule has 6 rings (SSSR count). The Balaban J connectivity index is 1.47. The fraction of sp³-hybridized carbons (Fsp3) is 0.280. The lowest BCUT2D eigenvalue weighted by molar-refractivity contribution is 0.100. The molecule has 1 aromatic heterocycles. The molecule has 3 heterocycles. The summed E-state index contributed by atoms with van der Waals surface area (Å²) in [5, 5.41) is 11.9. The third kappa shape index (κ3) is 3.00.